The summed E-state index contributed by atoms with van der Waals surface area (Å²) in [6, 6.07) is 66.7. The lowest BCUT2D eigenvalue weighted by molar-refractivity contribution is 1.19. The van der Waals surface area contributed by atoms with Crippen LogP contribution in [0.25, 0.3) is 125 Å². The minimum absolute atomic E-state index is 1.17. The minimum Gasteiger partial charge on any atom is -0.309 e. The molecule has 12 aromatic carbocycles. The molecule has 0 amide bonds. The molecule has 0 saturated heterocycles. The van der Waals surface area contributed by atoms with E-state index in [0.717, 1.165) is 0 Å². The van der Waals surface area contributed by atoms with Gasteiger partial charge in [0, 0.05) is 21.8 Å². The van der Waals surface area contributed by atoms with Crippen LogP contribution in [-0.2, 0) is 0 Å². The predicted molar refractivity (Wildman–Crippen MR) is 246 cm³/mol. The van der Waals surface area contributed by atoms with Gasteiger partial charge in [-0.15, -0.1) is 0 Å². The number of rotatable bonds is 3. The smallest absolute Gasteiger partial charge is 0.0619 e. The highest BCUT2D eigenvalue weighted by Crippen LogP contribution is 2.43. The average molecular weight is 722 g/mol. The lowest BCUT2D eigenvalue weighted by Crippen LogP contribution is -1.94. The summed E-state index contributed by atoms with van der Waals surface area (Å²) >= 11 is 0. The van der Waals surface area contributed by atoms with Crippen LogP contribution in [0.3, 0.4) is 0 Å². The van der Waals surface area contributed by atoms with Gasteiger partial charge in [0.1, 0.15) is 0 Å². The van der Waals surface area contributed by atoms with Gasteiger partial charge in [0.2, 0.25) is 0 Å². The van der Waals surface area contributed by atoms with Crippen LogP contribution in [0.4, 0.5) is 0 Å². The van der Waals surface area contributed by atoms with Gasteiger partial charge in [0.15, 0.2) is 0 Å². The highest BCUT2D eigenvalue weighted by Gasteiger charge is 2.18. The molecule has 0 atom stereocenters. The van der Waals surface area contributed by atoms with Crippen LogP contribution < -0.4 is 0 Å². The fourth-order valence-electron chi connectivity index (χ4n) is 10.4. The number of aryl methyl sites for hydroxylation is 2. The van der Waals surface area contributed by atoms with Crippen molar-refractivity contribution in [2.45, 2.75) is 13.8 Å². The van der Waals surface area contributed by atoms with Gasteiger partial charge in [-0.25, -0.2) is 0 Å². The third-order valence-electron chi connectivity index (χ3n) is 12.8. The molecule has 13 rings (SSSR count). The molecule has 13 aromatic rings. The van der Waals surface area contributed by atoms with Gasteiger partial charge >= 0.3 is 0 Å². The van der Waals surface area contributed by atoms with Crippen molar-refractivity contribution in [3.8, 4) is 27.9 Å². The molecule has 0 fully saturated rings. The average Bonchev–Trinajstić information content (AvgIpc) is 3.58. The van der Waals surface area contributed by atoms with Crippen molar-refractivity contribution in [1.29, 1.82) is 0 Å². The Morgan fingerprint density at radius 1 is 0.298 bits per heavy atom. The number of nitrogens with zero attached hydrogens (tertiary/aromatic N) is 1. The largest absolute Gasteiger partial charge is 0.309 e. The summed E-state index contributed by atoms with van der Waals surface area (Å²) in [6.07, 6.45) is 0. The third kappa shape index (κ3) is 4.40. The normalized spacial score (nSPS) is 12.4. The second-order valence-electron chi connectivity index (χ2n) is 16.3. The zero-order valence-corrected chi connectivity index (χ0v) is 31.7. The van der Waals surface area contributed by atoms with Crippen molar-refractivity contribution >= 4 is 97.2 Å². The van der Waals surface area contributed by atoms with Crippen LogP contribution in [0.1, 0.15) is 11.1 Å². The van der Waals surface area contributed by atoms with E-state index < -0.39 is 0 Å². The van der Waals surface area contributed by atoms with Gasteiger partial charge in [-0.2, -0.15) is 0 Å². The van der Waals surface area contributed by atoms with E-state index >= 15 is 0 Å². The summed E-state index contributed by atoms with van der Waals surface area (Å²) in [7, 11) is 0. The molecular formula is C56H35N. The standard InChI is InChI=1S/C56H35N/c1-32-22-37-8-12-41-27-45(28-42-13-9-38(23-32)52(37)54(41)42)34-16-19-48-36(26-34)18-21-50-49-20-17-35(31-51(49)57(56(48)50)47-6-4-3-5-7-47)46-29-43-14-10-39-24-33(2)25-40-11-15-44(30-46)55(43)53(39)40/h3-31H,1-2H3. The summed E-state index contributed by atoms with van der Waals surface area (Å²) in [5.74, 6) is 0. The molecule has 1 heterocycles. The van der Waals surface area contributed by atoms with Crippen molar-refractivity contribution in [1.82, 2.24) is 4.57 Å². The summed E-state index contributed by atoms with van der Waals surface area (Å²) in [4.78, 5) is 0. The van der Waals surface area contributed by atoms with Gasteiger partial charge in [-0.05, 0) is 166 Å². The van der Waals surface area contributed by atoms with Crippen LogP contribution in [0, 0.1) is 13.8 Å². The van der Waals surface area contributed by atoms with Crippen molar-refractivity contribution < 1.29 is 0 Å². The number of benzene rings is 12. The Labute approximate surface area is 329 Å². The van der Waals surface area contributed by atoms with Crippen molar-refractivity contribution in [2.75, 3.05) is 0 Å². The molecule has 1 heteroatoms. The van der Waals surface area contributed by atoms with Gasteiger partial charge in [-0.1, -0.05) is 127 Å². The quantitative estimate of drug-likeness (QED) is 0.160. The van der Waals surface area contributed by atoms with E-state index in [4.69, 9.17) is 0 Å². The monoisotopic (exact) mass is 721 g/mol. The lowest BCUT2D eigenvalue weighted by Gasteiger charge is -2.14. The topological polar surface area (TPSA) is 4.93 Å². The molecule has 0 unspecified atom stereocenters. The molecular weight excluding hydrogens is 687 g/mol. The molecule has 1 nitrogen and oxygen atoms in total. The van der Waals surface area contributed by atoms with Crippen molar-refractivity contribution in [2.24, 2.45) is 0 Å². The summed E-state index contributed by atoms with van der Waals surface area (Å²) in [5.41, 5.74) is 11.2. The number of aromatic nitrogens is 1. The van der Waals surface area contributed by atoms with Crippen LogP contribution in [0.2, 0.25) is 0 Å². The molecule has 0 aliphatic rings. The van der Waals surface area contributed by atoms with Crippen LogP contribution in [0.5, 0.6) is 0 Å². The molecule has 0 aliphatic carbocycles. The Kier molecular flexibility index (Phi) is 6.09. The van der Waals surface area contributed by atoms with E-state index in [1.54, 1.807) is 0 Å². The zero-order valence-electron chi connectivity index (χ0n) is 31.7. The van der Waals surface area contributed by atoms with E-state index in [-0.39, 0.29) is 0 Å². The Morgan fingerprint density at radius 3 is 1.18 bits per heavy atom. The Bertz CT molecular complexity index is 3670. The SMILES string of the molecule is Cc1cc2ccc3cc(-c4ccc5c(ccc6c7ccc(-c8cc9ccc%10cc(C)cc%11ccc(c8)c9c%10%11)cc7n(-c7ccccc7)c56)c4)cc4ccc(c1)c2c34. The maximum Gasteiger partial charge on any atom is 0.0619 e. The molecule has 0 spiro atoms. The van der Waals surface area contributed by atoms with E-state index in [0.29, 0.717) is 0 Å². The molecule has 0 bridgehead atoms. The lowest BCUT2D eigenvalue weighted by atomic mass is 9.90. The summed E-state index contributed by atoms with van der Waals surface area (Å²) < 4.78 is 2.48. The Hall–Kier alpha value is -7.22. The molecule has 0 radical (unpaired) electrons. The number of hydrogen-bond donors (Lipinski definition) is 0. The molecule has 57 heavy (non-hydrogen) atoms. The Balaban J connectivity index is 1.00. The first-order chi connectivity index (χ1) is 28.0. The zero-order chi connectivity index (χ0) is 37.5. The minimum atomic E-state index is 1.17. The number of fused-ring (bicyclic) bond motifs is 5. The number of para-hydroxylation sites is 1. The molecule has 0 N–H and O–H groups in total. The number of hydrogen-bond acceptors (Lipinski definition) is 0. The highest BCUT2D eigenvalue weighted by molar-refractivity contribution is 6.26. The second kappa shape index (κ2) is 11.2. The van der Waals surface area contributed by atoms with Crippen LogP contribution in [-0.4, -0.2) is 4.57 Å². The Morgan fingerprint density at radius 2 is 0.684 bits per heavy atom. The van der Waals surface area contributed by atoms with Crippen LogP contribution in [0.15, 0.2) is 176 Å². The fraction of sp³-hybridized carbons (Fsp3) is 0.0357. The second-order valence-corrected chi connectivity index (χ2v) is 16.3. The van der Waals surface area contributed by atoms with E-state index in [2.05, 4.69) is 194 Å². The van der Waals surface area contributed by atoms with E-state index in [1.807, 2.05) is 0 Å². The van der Waals surface area contributed by atoms with Crippen molar-refractivity contribution in [3.05, 3.63) is 187 Å². The molecule has 0 aliphatic heterocycles. The first kappa shape index (κ1) is 31.0. The van der Waals surface area contributed by atoms with Gasteiger partial charge in [-0.3, -0.25) is 0 Å². The van der Waals surface area contributed by atoms with Gasteiger partial charge < -0.3 is 4.57 Å². The predicted octanol–water partition coefficient (Wildman–Crippen LogP) is 15.7. The van der Waals surface area contributed by atoms with Gasteiger partial charge in [0.05, 0.1) is 11.0 Å². The van der Waals surface area contributed by atoms with E-state index in [1.165, 1.54) is 136 Å². The van der Waals surface area contributed by atoms with E-state index in [9.17, 15) is 0 Å². The maximum absolute atomic E-state index is 2.48. The highest BCUT2D eigenvalue weighted by atomic mass is 15.0. The third-order valence-corrected chi connectivity index (χ3v) is 12.8. The first-order valence-corrected chi connectivity index (χ1v) is 20.0. The maximum atomic E-state index is 2.48. The molecule has 264 valence electrons. The fourth-order valence-corrected chi connectivity index (χ4v) is 10.4. The molecule has 0 saturated carbocycles. The van der Waals surface area contributed by atoms with Crippen molar-refractivity contribution in [3.63, 3.8) is 0 Å². The summed E-state index contributed by atoms with van der Waals surface area (Å²) in [6.45, 7) is 4.37. The van der Waals surface area contributed by atoms with Gasteiger partial charge in [0.25, 0.3) is 0 Å². The van der Waals surface area contributed by atoms with Crippen LogP contribution >= 0.6 is 0 Å². The summed E-state index contributed by atoms with van der Waals surface area (Å²) in [5, 5.41) is 20.9. The first-order valence-electron chi connectivity index (χ1n) is 20.0. The molecule has 1 aromatic heterocycles.